The Hall–Kier alpha value is -3.28. The van der Waals surface area contributed by atoms with Crippen molar-refractivity contribution in [1.29, 1.82) is 0 Å². The number of H-pyrrole nitrogens is 1. The highest BCUT2D eigenvalue weighted by molar-refractivity contribution is 5.93. The average Bonchev–Trinajstić information content (AvgIpc) is 3.33. The SMILES string of the molecule is CCOc1ccc(-c2nc(-c3cccc4[nH]ccc34)no2)cc1OCC. The van der Waals surface area contributed by atoms with Crippen LogP contribution in [0.5, 0.6) is 11.5 Å². The summed E-state index contributed by atoms with van der Waals surface area (Å²) < 4.78 is 16.8. The molecule has 4 rings (SSSR count). The second-order valence-electron chi connectivity index (χ2n) is 5.70. The number of benzene rings is 2. The minimum Gasteiger partial charge on any atom is -0.490 e. The van der Waals surface area contributed by atoms with Crippen LogP contribution in [-0.4, -0.2) is 28.3 Å². The average molecular weight is 349 g/mol. The molecule has 0 aliphatic heterocycles. The van der Waals surface area contributed by atoms with Gasteiger partial charge in [-0.15, -0.1) is 0 Å². The number of aromatic amines is 1. The van der Waals surface area contributed by atoms with Crippen LogP contribution in [0.3, 0.4) is 0 Å². The summed E-state index contributed by atoms with van der Waals surface area (Å²) in [5.74, 6) is 2.36. The van der Waals surface area contributed by atoms with E-state index in [9.17, 15) is 0 Å². The van der Waals surface area contributed by atoms with Gasteiger partial charge in [0.15, 0.2) is 11.5 Å². The number of aromatic nitrogens is 3. The second-order valence-corrected chi connectivity index (χ2v) is 5.70. The summed E-state index contributed by atoms with van der Waals surface area (Å²) in [6.07, 6.45) is 1.90. The molecule has 132 valence electrons. The molecule has 0 radical (unpaired) electrons. The molecule has 0 atom stereocenters. The first-order valence-electron chi connectivity index (χ1n) is 8.60. The van der Waals surface area contributed by atoms with Crippen LogP contribution >= 0.6 is 0 Å². The van der Waals surface area contributed by atoms with Gasteiger partial charge in [0.1, 0.15) is 0 Å². The van der Waals surface area contributed by atoms with Crippen LogP contribution in [0.4, 0.5) is 0 Å². The number of ether oxygens (including phenoxy) is 2. The molecule has 2 aromatic carbocycles. The fourth-order valence-electron chi connectivity index (χ4n) is 2.91. The standard InChI is InChI=1S/C20H19N3O3/c1-3-24-17-9-8-13(12-18(17)25-4-2)20-22-19(23-26-20)15-6-5-7-16-14(15)10-11-21-16/h5-12,21H,3-4H2,1-2H3. The number of nitrogens with zero attached hydrogens (tertiary/aromatic N) is 2. The van der Waals surface area contributed by atoms with Crippen molar-refractivity contribution in [3.05, 3.63) is 48.7 Å². The van der Waals surface area contributed by atoms with Crippen LogP contribution < -0.4 is 9.47 Å². The quantitative estimate of drug-likeness (QED) is 0.547. The molecule has 0 fully saturated rings. The normalized spacial score (nSPS) is 11.0. The summed E-state index contributed by atoms with van der Waals surface area (Å²) in [4.78, 5) is 7.76. The highest BCUT2D eigenvalue weighted by Crippen LogP contribution is 2.33. The van der Waals surface area contributed by atoms with E-state index in [4.69, 9.17) is 14.0 Å². The molecule has 1 N–H and O–H groups in total. The number of nitrogens with one attached hydrogen (secondary N) is 1. The predicted octanol–water partition coefficient (Wildman–Crippen LogP) is 4.68. The zero-order chi connectivity index (χ0) is 17.9. The molecule has 0 amide bonds. The Balaban J connectivity index is 1.72. The van der Waals surface area contributed by atoms with Gasteiger partial charge < -0.3 is 19.0 Å². The van der Waals surface area contributed by atoms with Crippen LogP contribution in [0.2, 0.25) is 0 Å². The van der Waals surface area contributed by atoms with Gasteiger partial charge in [-0.2, -0.15) is 4.98 Å². The largest absolute Gasteiger partial charge is 0.490 e. The van der Waals surface area contributed by atoms with Gasteiger partial charge in [-0.1, -0.05) is 17.3 Å². The van der Waals surface area contributed by atoms with E-state index in [1.54, 1.807) is 0 Å². The van der Waals surface area contributed by atoms with Crippen molar-refractivity contribution in [2.45, 2.75) is 13.8 Å². The summed E-state index contributed by atoms with van der Waals surface area (Å²) >= 11 is 0. The molecule has 6 nitrogen and oxygen atoms in total. The Morgan fingerprint density at radius 3 is 2.69 bits per heavy atom. The third kappa shape index (κ3) is 2.90. The first-order valence-corrected chi connectivity index (χ1v) is 8.60. The Bertz CT molecular complexity index is 1040. The first-order chi connectivity index (χ1) is 12.8. The van der Waals surface area contributed by atoms with Gasteiger partial charge in [-0.3, -0.25) is 0 Å². The second kappa shape index (κ2) is 6.92. The van der Waals surface area contributed by atoms with Crippen molar-refractivity contribution in [2.24, 2.45) is 0 Å². The Morgan fingerprint density at radius 2 is 1.85 bits per heavy atom. The number of hydrogen-bond acceptors (Lipinski definition) is 5. The van der Waals surface area contributed by atoms with Gasteiger partial charge in [-0.25, -0.2) is 0 Å². The molecule has 26 heavy (non-hydrogen) atoms. The summed E-state index contributed by atoms with van der Waals surface area (Å²) in [5.41, 5.74) is 2.75. The third-order valence-corrected chi connectivity index (χ3v) is 4.05. The molecular formula is C20H19N3O3. The molecule has 0 aliphatic carbocycles. The monoisotopic (exact) mass is 349 g/mol. The molecule has 4 aromatic rings. The summed E-state index contributed by atoms with van der Waals surface area (Å²) in [6, 6.07) is 13.6. The van der Waals surface area contributed by atoms with E-state index in [2.05, 4.69) is 15.1 Å². The molecule has 0 saturated carbocycles. The van der Waals surface area contributed by atoms with Crippen LogP contribution in [0.25, 0.3) is 33.7 Å². The molecule has 2 heterocycles. The molecule has 0 saturated heterocycles. The van der Waals surface area contributed by atoms with Crippen LogP contribution in [0.15, 0.2) is 53.2 Å². The van der Waals surface area contributed by atoms with E-state index in [1.165, 1.54) is 0 Å². The topological polar surface area (TPSA) is 73.2 Å². The zero-order valence-corrected chi connectivity index (χ0v) is 14.7. The van der Waals surface area contributed by atoms with Gasteiger partial charge in [0.05, 0.1) is 13.2 Å². The summed E-state index contributed by atoms with van der Waals surface area (Å²) in [5, 5.41) is 5.21. The minimum atomic E-state index is 0.441. The highest BCUT2D eigenvalue weighted by atomic mass is 16.5. The van der Waals surface area contributed by atoms with Crippen LogP contribution in [-0.2, 0) is 0 Å². The van der Waals surface area contributed by atoms with Crippen LogP contribution in [0.1, 0.15) is 13.8 Å². The molecule has 0 bridgehead atoms. The lowest BCUT2D eigenvalue weighted by Crippen LogP contribution is -1.98. The first kappa shape index (κ1) is 16.2. The van der Waals surface area contributed by atoms with E-state index in [0.29, 0.717) is 36.4 Å². The maximum Gasteiger partial charge on any atom is 0.258 e. The fraction of sp³-hybridized carbons (Fsp3) is 0.200. The number of rotatable bonds is 6. The van der Waals surface area contributed by atoms with Crippen molar-refractivity contribution in [2.75, 3.05) is 13.2 Å². The van der Waals surface area contributed by atoms with Crippen molar-refractivity contribution < 1.29 is 14.0 Å². The van der Waals surface area contributed by atoms with Gasteiger partial charge in [0.2, 0.25) is 5.82 Å². The van der Waals surface area contributed by atoms with Crippen molar-refractivity contribution in [3.8, 4) is 34.3 Å². The van der Waals surface area contributed by atoms with Crippen molar-refractivity contribution in [3.63, 3.8) is 0 Å². The fourth-order valence-corrected chi connectivity index (χ4v) is 2.91. The number of fused-ring (bicyclic) bond motifs is 1. The van der Waals surface area contributed by atoms with Crippen LogP contribution in [0, 0.1) is 0 Å². The van der Waals surface area contributed by atoms with Crippen molar-refractivity contribution in [1.82, 2.24) is 15.1 Å². The molecule has 2 aromatic heterocycles. The van der Waals surface area contributed by atoms with E-state index in [-0.39, 0.29) is 0 Å². The molecular weight excluding hydrogens is 330 g/mol. The van der Waals surface area contributed by atoms with E-state index >= 15 is 0 Å². The van der Waals surface area contributed by atoms with E-state index in [1.807, 2.05) is 62.5 Å². The van der Waals surface area contributed by atoms with E-state index in [0.717, 1.165) is 22.0 Å². The van der Waals surface area contributed by atoms with Gasteiger partial charge in [-0.05, 0) is 44.2 Å². The maximum atomic E-state index is 5.67. The van der Waals surface area contributed by atoms with Gasteiger partial charge in [0, 0.05) is 28.2 Å². The lowest BCUT2D eigenvalue weighted by molar-refractivity contribution is 0.288. The van der Waals surface area contributed by atoms with E-state index < -0.39 is 0 Å². The zero-order valence-electron chi connectivity index (χ0n) is 14.7. The molecule has 0 aliphatic rings. The number of hydrogen-bond donors (Lipinski definition) is 1. The highest BCUT2D eigenvalue weighted by Gasteiger charge is 2.15. The Kier molecular flexibility index (Phi) is 4.31. The molecule has 0 spiro atoms. The minimum absolute atomic E-state index is 0.441. The Morgan fingerprint density at radius 1 is 1.00 bits per heavy atom. The third-order valence-electron chi connectivity index (χ3n) is 4.05. The molecule has 6 heteroatoms. The van der Waals surface area contributed by atoms with Gasteiger partial charge >= 0.3 is 0 Å². The maximum absolute atomic E-state index is 5.67. The summed E-state index contributed by atoms with van der Waals surface area (Å²) in [6.45, 7) is 5.00. The van der Waals surface area contributed by atoms with Gasteiger partial charge in [0.25, 0.3) is 5.89 Å². The smallest absolute Gasteiger partial charge is 0.258 e. The lowest BCUT2D eigenvalue weighted by atomic mass is 10.1. The lowest BCUT2D eigenvalue weighted by Gasteiger charge is -2.11. The predicted molar refractivity (Wildman–Crippen MR) is 99.4 cm³/mol. The molecule has 0 unspecified atom stereocenters. The summed E-state index contributed by atoms with van der Waals surface area (Å²) in [7, 11) is 0. The Labute approximate surface area is 150 Å². The van der Waals surface area contributed by atoms with Crippen molar-refractivity contribution >= 4 is 10.9 Å².